The summed E-state index contributed by atoms with van der Waals surface area (Å²) in [5.41, 5.74) is 2.71. The van der Waals surface area contributed by atoms with Gasteiger partial charge in [0.2, 0.25) is 0 Å². The Morgan fingerprint density at radius 2 is 1.86 bits per heavy atom. The summed E-state index contributed by atoms with van der Waals surface area (Å²) < 4.78 is 1.71. The Balaban J connectivity index is 1.95. The Morgan fingerprint density at radius 1 is 1.00 bits per heavy atom. The molecular weight excluding hydrogens is 286 g/mol. The van der Waals surface area contributed by atoms with E-state index in [-0.39, 0.29) is 0 Å². The van der Waals surface area contributed by atoms with Gasteiger partial charge in [0.05, 0.1) is 16.2 Å². The summed E-state index contributed by atoms with van der Waals surface area (Å²) in [5.74, 6) is 0.676. The molecule has 0 fully saturated rings. The van der Waals surface area contributed by atoms with E-state index in [4.69, 9.17) is 11.6 Å². The number of rotatable bonds is 2. The first-order valence-electron chi connectivity index (χ1n) is 6.44. The molecule has 0 saturated heterocycles. The summed E-state index contributed by atoms with van der Waals surface area (Å²) in [6.45, 7) is 0. The number of hydrogen-bond donors (Lipinski definition) is 1. The van der Waals surface area contributed by atoms with E-state index in [1.165, 1.54) is 0 Å². The Labute approximate surface area is 125 Å². The first-order valence-corrected chi connectivity index (χ1v) is 6.82. The number of tetrazole rings is 1. The second-order valence-corrected chi connectivity index (χ2v) is 5.02. The number of aromatic amines is 1. The van der Waals surface area contributed by atoms with Gasteiger partial charge >= 0.3 is 0 Å². The maximum absolute atomic E-state index is 6.20. The van der Waals surface area contributed by atoms with Crippen molar-refractivity contribution in [3.05, 3.63) is 59.8 Å². The molecule has 4 aromatic rings. The van der Waals surface area contributed by atoms with Crippen LogP contribution in [0.2, 0.25) is 5.02 Å². The van der Waals surface area contributed by atoms with Crippen molar-refractivity contribution in [1.29, 1.82) is 0 Å². The van der Waals surface area contributed by atoms with Crippen molar-refractivity contribution in [3.8, 4) is 17.1 Å². The maximum Gasteiger partial charge on any atom is 0.189 e. The van der Waals surface area contributed by atoms with E-state index in [9.17, 15) is 0 Å². The average Bonchev–Trinajstić information content (AvgIpc) is 3.15. The van der Waals surface area contributed by atoms with E-state index in [0.29, 0.717) is 10.8 Å². The van der Waals surface area contributed by atoms with E-state index in [1.807, 2.05) is 54.7 Å². The molecule has 0 unspecified atom stereocenters. The molecule has 0 spiro atoms. The smallest absolute Gasteiger partial charge is 0.189 e. The third-order valence-corrected chi connectivity index (χ3v) is 3.69. The van der Waals surface area contributed by atoms with Crippen LogP contribution in [0.3, 0.4) is 0 Å². The van der Waals surface area contributed by atoms with Gasteiger partial charge in [-0.25, -0.2) is 0 Å². The summed E-state index contributed by atoms with van der Waals surface area (Å²) in [4.78, 5) is 3.18. The number of para-hydroxylation sites is 2. The molecule has 0 saturated carbocycles. The molecule has 0 aliphatic rings. The zero-order chi connectivity index (χ0) is 14.2. The van der Waals surface area contributed by atoms with Crippen LogP contribution in [-0.2, 0) is 0 Å². The number of nitrogens with one attached hydrogen (secondary N) is 1. The van der Waals surface area contributed by atoms with Gasteiger partial charge in [-0.15, -0.1) is 5.10 Å². The normalized spacial score (nSPS) is 11.1. The van der Waals surface area contributed by atoms with Gasteiger partial charge in [-0.1, -0.05) is 41.9 Å². The summed E-state index contributed by atoms with van der Waals surface area (Å²) in [6.07, 6.45) is 1.88. The van der Waals surface area contributed by atoms with Crippen LogP contribution in [0.15, 0.2) is 54.7 Å². The van der Waals surface area contributed by atoms with E-state index < -0.39 is 0 Å². The number of benzene rings is 2. The third kappa shape index (κ3) is 1.90. The van der Waals surface area contributed by atoms with Gasteiger partial charge in [-0.05, 0) is 28.6 Å². The number of hydrogen-bond acceptors (Lipinski definition) is 3. The molecule has 0 amide bonds. The molecule has 0 aliphatic carbocycles. The van der Waals surface area contributed by atoms with Crippen LogP contribution < -0.4 is 0 Å². The highest BCUT2D eigenvalue weighted by Crippen LogP contribution is 2.31. The fraction of sp³-hybridized carbons (Fsp3) is 0. The average molecular weight is 296 g/mol. The number of H-pyrrole nitrogens is 1. The van der Waals surface area contributed by atoms with Crippen LogP contribution in [0.4, 0.5) is 0 Å². The molecule has 0 aliphatic heterocycles. The van der Waals surface area contributed by atoms with Crippen molar-refractivity contribution in [2.24, 2.45) is 0 Å². The lowest BCUT2D eigenvalue weighted by Gasteiger charge is -2.03. The lowest BCUT2D eigenvalue weighted by atomic mass is 10.1. The summed E-state index contributed by atoms with van der Waals surface area (Å²) in [5, 5.41) is 13.7. The van der Waals surface area contributed by atoms with Crippen molar-refractivity contribution in [3.63, 3.8) is 0 Å². The molecule has 2 aromatic carbocycles. The molecule has 6 heteroatoms. The predicted octanol–water partition coefficient (Wildman–Crippen LogP) is 3.46. The summed E-state index contributed by atoms with van der Waals surface area (Å²) >= 11 is 6.20. The minimum absolute atomic E-state index is 0.676. The SMILES string of the molecule is Clc1cccc2c(-c3nnnn3-c3ccccc3)c[nH]c12. The van der Waals surface area contributed by atoms with Crippen LogP contribution in [0.25, 0.3) is 28.0 Å². The predicted molar refractivity (Wildman–Crippen MR) is 81.5 cm³/mol. The Morgan fingerprint density at radius 3 is 2.71 bits per heavy atom. The number of halogens is 1. The molecule has 2 aromatic heterocycles. The largest absolute Gasteiger partial charge is 0.359 e. The second-order valence-electron chi connectivity index (χ2n) is 4.61. The van der Waals surface area contributed by atoms with Crippen molar-refractivity contribution in [1.82, 2.24) is 25.2 Å². The van der Waals surface area contributed by atoms with Gasteiger partial charge in [0.25, 0.3) is 0 Å². The van der Waals surface area contributed by atoms with Gasteiger partial charge in [0, 0.05) is 17.1 Å². The quantitative estimate of drug-likeness (QED) is 0.616. The van der Waals surface area contributed by atoms with Crippen LogP contribution in [0.1, 0.15) is 0 Å². The summed E-state index contributed by atoms with van der Waals surface area (Å²) in [7, 11) is 0. The molecule has 5 nitrogen and oxygen atoms in total. The van der Waals surface area contributed by atoms with Crippen molar-refractivity contribution >= 4 is 22.5 Å². The monoisotopic (exact) mass is 295 g/mol. The highest BCUT2D eigenvalue weighted by molar-refractivity contribution is 6.35. The molecule has 1 N–H and O–H groups in total. The lowest BCUT2D eigenvalue weighted by molar-refractivity contribution is 0.791. The summed E-state index contributed by atoms with van der Waals surface area (Å²) in [6, 6.07) is 15.5. The first kappa shape index (κ1) is 12.1. The molecule has 0 atom stereocenters. The van der Waals surface area contributed by atoms with Crippen LogP contribution in [0, 0.1) is 0 Å². The lowest BCUT2D eigenvalue weighted by Crippen LogP contribution is -1.98. The van der Waals surface area contributed by atoms with E-state index in [1.54, 1.807) is 4.68 Å². The van der Waals surface area contributed by atoms with Gasteiger partial charge in [0.1, 0.15) is 0 Å². The van der Waals surface area contributed by atoms with Gasteiger partial charge in [-0.3, -0.25) is 0 Å². The van der Waals surface area contributed by atoms with Crippen molar-refractivity contribution in [2.75, 3.05) is 0 Å². The first-order chi connectivity index (χ1) is 10.3. The van der Waals surface area contributed by atoms with E-state index in [0.717, 1.165) is 22.2 Å². The van der Waals surface area contributed by atoms with E-state index in [2.05, 4.69) is 20.5 Å². The maximum atomic E-state index is 6.20. The Bertz CT molecular complexity index is 910. The minimum atomic E-state index is 0.676. The fourth-order valence-corrected chi connectivity index (χ4v) is 2.63. The van der Waals surface area contributed by atoms with Gasteiger partial charge in [0.15, 0.2) is 5.82 Å². The van der Waals surface area contributed by atoms with Crippen molar-refractivity contribution in [2.45, 2.75) is 0 Å². The standard InChI is InChI=1S/C15H10ClN5/c16-13-8-4-7-11-12(9-17-14(11)13)15-18-19-20-21(15)10-5-2-1-3-6-10/h1-9,17H. The number of aromatic nitrogens is 5. The van der Waals surface area contributed by atoms with Crippen LogP contribution in [-0.4, -0.2) is 25.2 Å². The second kappa shape index (κ2) is 4.71. The molecule has 2 heterocycles. The Hall–Kier alpha value is -2.66. The zero-order valence-electron chi connectivity index (χ0n) is 10.9. The molecule has 0 radical (unpaired) electrons. The minimum Gasteiger partial charge on any atom is -0.359 e. The number of nitrogens with zero attached hydrogens (tertiary/aromatic N) is 4. The van der Waals surface area contributed by atoms with Gasteiger partial charge in [-0.2, -0.15) is 4.68 Å². The van der Waals surface area contributed by atoms with Crippen LogP contribution >= 0.6 is 11.6 Å². The van der Waals surface area contributed by atoms with Gasteiger partial charge < -0.3 is 4.98 Å². The Kier molecular flexibility index (Phi) is 2.72. The van der Waals surface area contributed by atoms with Crippen LogP contribution in [0.5, 0.6) is 0 Å². The number of fused-ring (bicyclic) bond motifs is 1. The highest BCUT2D eigenvalue weighted by atomic mass is 35.5. The zero-order valence-corrected chi connectivity index (χ0v) is 11.6. The highest BCUT2D eigenvalue weighted by Gasteiger charge is 2.15. The van der Waals surface area contributed by atoms with Crippen molar-refractivity contribution < 1.29 is 0 Å². The van der Waals surface area contributed by atoms with E-state index >= 15 is 0 Å². The molecule has 4 rings (SSSR count). The molecule has 0 bridgehead atoms. The third-order valence-electron chi connectivity index (χ3n) is 3.38. The molecule has 102 valence electrons. The fourth-order valence-electron chi connectivity index (χ4n) is 2.40. The molecular formula is C15H10ClN5. The molecule has 21 heavy (non-hydrogen) atoms. The topological polar surface area (TPSA) is 59.4 Å².